The van der Waals surface area contributed by atoms with Crippen LogP contribution < -0.4 is 0 Å². The van der Waals surface area contributed by atoms with Gasteiger partial charge in [0.2, 0.25) is 0 Å². The Morgan fingerprint density at radius 2 is 0.887 bits per heavy atom. The Balaban J connectivity index is 1.31. The maximum absolute atomic E-state index is 15.9. The third kappa shape index (κ3) is 21.7. The maximum atomic E-state index is 15.9. The van der Waals surface area contributed by atoms with Gasteiger partial charge in [-0.2, -0.15) is 0 Å². The number of fused-ring (bicyclic) bond motifs is 1. The van der Waals surface area contributed by atoms with Crippen molar-refractivity contribution in [3.05, 3.63) is 179 Å². The molecule has 2 aliphatic carbocycles. The molecule has 5 aromatic rings. The molecule has 2 saturated heterocycles. The number of carbonyl (C=O) groups is 4. The number of nitrogens with zero attached hydrogens (tertiary/aromatic N) is 4. The lowest BCUT2D eigenvalue weighted by Crippen LogP contribution is -2.71. The number of halogens is 1. The second-order valence-corrected chi connectivity index (χ2v) is 30.9. The van der Waals surface area contributed by atoms with Crippen molar-refractivity contribution in [2.45, 2.75) is 263 Å². The zero-order valence-corrected chi connectivity index (χ0v) is 60.7. The van der Waals surface area contributed by atoms with E-state index < -0.39 is 114 Å². The Bertz CT molecular complexity index is 3250. The molecule has 10 atom stereocenters. The molecule has 5 aromatic carbocycles. The van der Waals surface area contributed by atoms with Crippen LogP contribution in [0.15, 0.2) is 152 Å². The minimum Gasteiger partial charge on any atom is -0.444 e. The molecule has 4 aliphatic rings. The highest BCUT2D eigenvalue weighted by molar-refractivity contribution is 9.09. The van der Waals surface area contributed by atoms with Gasteiger partial charge >= 0.3 is 24.4 Å². The van der Waals surface area contributed by atoms with Crippen molar-refractivity contribution in [3.63, 3.8) is 0 Å². The molecule has 0 unspecified atom stereocenters. The Morgan fingerprint density at radius 1 is 0.464 bits per heavy atom. The van der Waals surface area contributed by atoms with E-state index in [1.54, 1.807) is 19.6 Å². The number of alkyl halides is 1. The highest BCUT2D eigenvalue weighted by atomic mass is 79.9. The first kappa shape index (κ1) is 74.6. The predicted molar refractivity (Wildman–Crippen MR) is 375 cm³/mol. The summed E-state index contributed by atoms with van der Waals surface area (Å²) in [6, 6.07) is 45.6. The smallest absolute Gasteiger partial charge is 0.411 e. The molecule has 97 heavy (non-hydrogen) atoms. The molecule has 0 aromatic heterocycles. The summed E-state index contributed by atoms with van der Waals surface area (Å²) in [6.07, 6.45) is -4.21. The summed E-state index contributed by atoms with van der Waals surface area (Å²) < 4.78 is 71.5. The van der Waals surface area contributed by atoms with E-state index in [2.05, 4.69) is 15.9 Å². The van der Waals surface area contributed by atoms with Gasteiger partial charge < -0.3 is 52.3 Å². The van der Waals surface area contributed by atoms with Gasteiger partial charge in [0.15, 0.2) is 12.1 Å². The Kier molecular flexibility index (Phi) is 25.8. The molecule has 9 rings (SSSR count). The summed E-state index contributed by atoms with van der Waals surface area (Å²) in [6.45, 7) is 22.5. The Morgan fingerprint density at radius 3 is 1.36 bits per heavy atom. The molecule has 19 heteroatoms. The molecule has 528 valence electrons. The van der Waals surface area contributed by atoms with E-state index in [1.165, 1.54) is 0 Å². The fourth-order valence-electron chi connectivity index (χ4n) is 13.2. The van der Waals surface area contributed by atoms with Crippen molar-refractivity contribution in [1.82, 2.24) is 19.6 Å². The highest BCUT2D eigenvalue weighted by Gasteiger charge is 2.63. The van der Waals surface area contributed by atoms with Crippen molar-refractivity contribution in [2.75, 3.05) is 18.5 Å². The van der Waals surface area contributed by atoms with Crippen molar-refractivity contribution >= 4 is 40.3 Å². The SMILES string of the molecule is CC(C)(C)OC(=O)N(Cc1ccccc1)C[C@H]1O[C@H](O[C@H]2[C@@H]3OC4(CCCCC4)O[C@H]3[C@H](N(Cc3ccccc3)C(=O)OC(C)(C)C)C[C@@H]2N(Cc2ccccc2)C(=O)OC(C)(C)C)[C@H](N(Cc2ccccc2)C(=O)OC(C)(C)C)[C@@H](OCCCCCBr)[C@@H]1OCc1ccccc1. The summed E-state index contributed by atoms with van der Waals surface area (Å²) in [7, 11) is 0. The van der Waals surface area contributed by atoms with E-state index in [0.717, 1.165) is 65.3 Å². The molecule has 2 heterocycles. The van der Waals surface area contributed by atoms with E-state index >= 15 is 19.2 Å². The highest BCUT2D eigenvalue weighted by Crippen LogP contribution is 2.49. The number of amides is 4. The van der Waals surface area contributed by atoms with Gasteiger partial charge in [-0.25, -0.2) is 19.2 Å². The van der Waals surface area contributed by atoms with Crippen molar-refractivity contribution < 1.29 is 66.5 Å². The lowest BCUT2D eigenvalue weighted by Gasteiger charge is -2.53. The van der Waals surface area contributed by atoms with Gasteiger partial charge in [-0.15, -0.1) is 0 Å². The largest absolute Gasteiger partial charge is 0.444 e. The fourth-order valence-corrected chi connectivity index (χ4v) is 13.6. The van der Waals surface area contributed by atoms with E-state index in [-0.39, 0.29) is 52.4 Å². The van der Waals surface area contributed by atoms with Gasteiger partial charge in [0.1, 0.15) is 65.1 Å². The second kappa shape index (κ2) is 33.5. The zero-order valence-electron chi connectivity index (χ0n) is 59.1. The number of benzene rings is 5. The first-order valence-corrected chi connectivity index (χ1v) is 35.9. The number of rotatable bonds is 24. The number of carbonyl (C=O) groups excluding carboxylic acids is 4. The first-order chi connectivity index (χ1) is 46.1. The molecule has 4 fully saturated rings. The molecule has 2 saturated carbocycles. The normalized spacial score (nSPS) is 23.4. The molecular formula is C78H105BrN4O14. The average molecular weight is 1400 g/mol. The number of unbranched alkanes of at least 4 members (excludes halogenated alkanes) is 2. The number of hydrogen-bond acceptors (Lipinski definition) is 14. The summed E-state index contributed by atoms with van der Waals surface area (Å²) >= 11 is 3.64. The van der Waals surface area contributed by atoms with Crippen LogP contribution in [0.5, 0.6) is 0 Å². The zero-order chi connectivity index (χ0) is 69.5. The standard InChI is InChI=1S/C78H105BrN4O14/c1-74(2,3)94-70(84)80(49-55-34-20-13-21-35-55)53-62-66(89-54-59-42-28-17-29-43-59)67(88-47-33-19-32-46-79)63(83(73(87)97-77(10,11)12)52-58-40-26-16-27-41-58)69(90-62)91-64-60(81(71(85)95-75(4,5)6)50-56-36-22-14-23-37-56)48-61(65-68(64)93-78(92-65)44-30-18-31-45-78)82(72(86)96-76(7,8)9)51-57-38-24-15-25-39-57/h13-17,20-29,34-43,60-69H,18-19,30-33,44-54H2,1-12H3/t60-,61+,62+,63+,64+,65-,66+,67+,68-,69+/m0/s1. The fraction of sp³-hybridized carbons (Fsp3) is 0.564. The molecule has 1 spiro atoms. The van der Waals surface area contributed by atoms with E-state index in [1.807, 2.05) is 235 Å². The van der Waals surface area contributed by atoms with Gasteiger partial charge in [-0.05, 0) is 143 Å². The monoisotopic (exact) mass is 1400 g/mol. The summed E-state index contributed by atoms with van der Waals surface area (Å²) in [5, 5.41) is 0.796. The quantitative estimate of drug-likeness (QED) is 0.0324. The summed E-state index contributed by atoms with van der Waals surface area (Å²) in [5.41, 5.74) is 0.350. The summed E-state index contributed by atoms with van der Waals surface area (Å²) in [4.78, 5) is 68.8. The lowest BCUT2D eigenvalue weighted by atomic mass is 9.81. The van der Waals surface area contributed by atoms with Crippen LogP contribution in [0.1, 0.15) is 169 Å². The molecule has 4 amide bonds. The topological polar surface area (TPSA) is 174 Å². The van der Waals surface area contributed by atoms with E-state index in [9.17, 15) is 0 Å². The van der Waals surface area contributed by atoms with Crippen molar-refractivity contribution in [2.24, 2.45) is 0 Å². The number of ether oxygens (including phenoxy) is 10. The maximum Gasteiger partial charge on any atom is 0.411 e. The van der Waals surface area contributed by atoms with Gasteiger partial charge in [-0.3, -0.25) is 14.7 Å². The first-order valence-electron chi connectivity index (χ1n) is 34.8. The van der Waals surface area contributed by atoms with Crippen molar-refractivity contribution in [1.29, 1.82) is 0 Å². The minimum absolute atomic E-state index is 0.00544. The predicted octanol–water partition coefficient (Wildman–Crippen LogP) is 16.3. The van der Waals surface area contributed by atoms with Crippen LogP contribution in [0.25, 0.3) is 0 Å². The average Bonchev–Trinajstić information content (AvgIpc) is 1.67. The molecule has 18 nitrogen and oxygen atoms in total. The Hall–Kier alpha value is -6.58. The van der Waals surface area contributed by atoms with Gasteiger partial charge in [0, 0.05) is 51.0 Å². The van der Waals surface area contributed by atoms with Crippen LogP contribution >= 0.6 is 15.9 Å². The van der Waals surface area contributed by atoms with E-state index in [4.69, 9.17) is 47.4 Å². The van der Waals surface area contributed by atoms with Crippen molar-refractivity contribution in [3.8, 4) is 0 Å². The molecule has 0 bridgehead atoms. The van der Waals surface area contributed by atoms with Gasteiger partial charge in [-0.1, -0.05) is 180 Å². The van der Waals surface area contributed by atoms with Crippen LogP contribution in [0.4, 0.5) is 19.2 Å². The van der Waals surface area contributed by atoms with Crippen LogP contribution in [0, 0.1) is 0 Å². The van der Waals surface area contributed by atoms with Gasteiger partial charge in [0.25, 0.3) is 0 Å². The molecule has 0 N–H and O–H groups in total. The third-order valence-corrected chi connectivity index (χ3v) is 17.9. The van der Waals surface area contributed by atoms with Crippen LogP contribution in [0.3, 0.4) is 0 Å². The summed E-state index contributed by atoms with van der Waals surface area (Å²) in [5.74, 6) is -1.13. The number of hydrogen-bond donors (Lipinski definition) is 0. The van der Waals surface area contributed by atoms with E-state index in [0.29, 0.717) is 19.3 Å². The van der Waals surface area contributed by atoms with Gasteiger partial charge in [0.05, 0.1) is 25.2 Å². The molecule has 0 radical (unpaired) electrons. The molecule has 2 aliphatic heterocycles. The third-order valence-electron chi connectivity index (χ3n) is 17.4. The Labute approximate surface area is 584 Å². The van der Waals surface area contributed by atoms with Crippen LogP contribution in [-0.4, -0.2) is 152 Å². The molecular weight excluding hydrogens is 1300 g/mol. The van der Waals surface area contributed by atoms with Crippen LogP contribution in [-0.2, 0) is 80.2 Å². The van der Waals surface area contributed by atoms with Crippen LogP contribution in [0.2, 0.25) is 0 Å². The second-order valence-electron chi connectivity index (χ2n) is 30.1. The minimum atomic E-state index is -1.50. The lowest BCUT2D eigenvalue weighted by molar-refractivity contribution is -0.321.